The van der Waals surface area contributed by atoms with E-state index in [1.54, 1.807) is 0 Å². The molecular weight excluding hydrogens is 184 g/mol. The summed E-state index contributed by atoms with van der Waals surface area (Å²) in [5.74, 6) is 1.21. The van der Waals surface area contributed by atoms with Gasteiger partial charge in [-0.25, -0.2) is 4.98 Å². The van der Waals surface area contributed by atoms with Gasteiger partial charge in [-0.2, -0.15) is 0 Å². The summed E-state index contributed by atoms with van der Waals surface area (Å²) < 4.78 is 2.21. The maximum Gasteiger partial charge on any atom is 0.0949 e. The molecule has 0 bridgehead atoms. The summed E-state index contributed by atoms with van der Waals surface area (Å²) in [6.45, 7) is 8.99. The van der Waals surface area contributed by atoms with E-state index in [0.29, 0.717) is 11.8 Å². The molecule has 0 aliphatic heterocycles. The fourth-order valence-corrected chi connectivity index (χ4v) is 2.28. The lowest BCUT2D eigenvalue weighted by molar-refractivity contribution is 0.552. The molecule has 0 saturated heterocycles. The minimum Gasteiger partial charge on any atom is -0.337 e. The number of hydrogen-bond donors (Lipinski definition) is 0. The van der Waals surface area contributed by atoms with Crippen molar-refractivity contribution >= 4 is 0 Å². The molecule has 2 nitrogen and oxygen atoms in total. The van der Waals surface area contributed by atoms with Crippen molar-refractivity contribution in [2.24, 2.45) is 7.05 Å². The number of rotatable bonds is 5. The van der Waals surface area contributed by atoms with Gasteiger partial charge in [0.15, 0.2) is 0 Å². The van der Waals surface area contributed by atoms with E-state index in [9.17, 15) is 0 Å². The van der Waals surface area contributed by atoms with Crippen molar-refractivity contribution in [3.8, 4) is 0 Å². The first-order valence-corrected chi connectivity index (χ1v) is 6.12. The van der Waals surface area contributed by atoms with Crippen LogP contribution in [0.4, 0.5) is 0 Å². The predicted octanol–water partition coefficient (Wildman–Crippen LogP) is 3.84. The summed E-state index contributed by atoms with van der Waals surface area (Å²) in [5.41, 5.74) is 2.74. The van der Waals surface area contributed by atoms with Crippen LogP contribution in [0.2, 0.25) is 0 Å². The zero-order valence-electron chi connectivity index (χ0n) is 10.7. The SMILES string of the molecule is CCCC(CC)c1c(C(C)C)ncn1C. The Morgan fingerprint density at radius 2 is 2.00 bits per heavy atom. The van der Waals surface area contributed by atoms with Gasteiger partial charge in [0.1, 0.15) is 0 Å². The molecule has 0 fully saturated rings. The molecule has 1 aromatic rings. The first-order valence-electron chi connectivity index (χ1n) is 6.12. The molecule has 1 rings (SSSR count). The zero-order valence-corrected chi connectivity index (χ0v) is 10.7. The van der Waals surface area contributed by atoms with Gasteiger partial charge in [-0.3, -0.25) is 0 Å². The molecule has 0 aromatic carbocycles. The summed E-state index contributed by atoms with van der Waals surface area (Å²) in [7, 11) is 2.12. The molecule has 1 heterocycles. The lowest BCUT2D eigenvalue weighted by Crippen LogP contribution is -2.07. The molecule has 0 saturated carbocycles. The molecule has 0 radical (unpaired) electrons. The Morgan fingerprint density at radius 3 is 2.47 bits per heavy atom. The lowest BCUT2D eigenvalue weighted by Gasteiger charge is -2.18. The van der Waals surface area contributed by atoms with Crippen LogP contribution in [-0.2, 0) is 7.05 Å². The van der Waals surface area contributed by atoms with E-state index in [1.807, 2.05) is 6.33 Å². The minimum atomic E-state index is 0.534. The van der Waals surface area contributed by atoms with Gasteiger partial charge in [-0.15, -0.1) is 0 Å². The molecule has 1 atom stereocenters. The van der Waals surface area contributed by atoms with E-state index in [2.05, 4.69) is 44.3 Å². The van der Waals surface area contributed by atoms with Gasteiger partial charge in [-0.05, 0) is 18.8 Å². The molecular formula is C13H24N2. The van der Waals surface area contributed by atoms with Gasteiger partial charge in [0.2, 0.25) is 0 Å². The predicted molar refractivity (Wildman–Crippen MR) is 65.2 cm³/mol. The van der Waals surface area contributed by atoms with Crippen molar-refractivity contribution in [1.82, 2.24) is 9.55 Å². The number of nitrogens with zero attached hydrogens (tertiary/aromatic N) is 2. The van der Waals surface area contributed by atoms with Crippen LogP contribution in [0.25, 0.3) is 0 Å². The zero-order chi connectivity index (χ0) is 11.4. The van der Waals surface area contributed by atoms with Gasteiger partial charge < -0.3 is 4.57 Å². The maximum atomic E-state index is 4.53. The summed E-state index contributed by atoms with van der Waals surface area (Å²) in [6, 6.07) is 0. The second-order valence-electron chi connectivity index (χ2n) is 4.67. The summed E-state index contributed by atoms with van der Waals surface area (Å²) in [4.78, 5) is 4.53. The van der Waals surface area contributed by atoms with Crippen LogP contribution >= 0.6 is 0 Å². The number of imidazole rings is 1. The Kier molecular flexibility index (Phi) is 4.37. The van der Waals surface area contributed by atoms with E-state index in [0.717, 1.165) is 0 Å². The smallest absolute Gasteiger partial charge is 0.0949 e. The lowest BCUT2D eigenvalue weighted by atomic mass is 9.92. The quantitative estimate of drug-likeness (QED) is 0.719. The highest BCUT2D eigenvalue weighted by molar-refractivity contribution is 5.21. The molecule has 15 heavy (non-hydrogen) atoms. The largest absolute Gasteiger partial charge is 0.337 e. The van der Waals surface area contributed by atoms with Crippen molar-refractivity contribution in [3.63, 3.8) is 0 Å². The van der Waals surface area contributed by atoms with E-state index >= 15 is 0 Å². The standard InChI is InChI=1S/C13H24N2/c1-6-8-11(7-2)13-12(10(3)4)14-9-15(13)5/h9-11H,6-8H2,1-5H3. The molecule has 86 valence electrons. The normalized spacial score (nSPS) is 13.5. The first kappa shape index (κ1) is 12.3. The molecule has 0 amide bonds. The monoisotopic (exact) mass is 208 g/mol. The van der Waals surface area contributed by atoms with Gasteiger partial charge in [-0.1, -0.05) is 34.1 Å². The van der Waals surface area contributed by atoms with Gasteiger partial charge in [0.25, 0.3) is 0 Å². The van der Waals surface area contributed by atoms with Crippen LogP contribution in [0, 0.1) is 0 Å². The number of aromatic nitrogens is 2. The number of hydrogen-bond acceptors (Lipinski definition) is 1. The van der Waals surface area contributed by atoms with Gasteiger partial charge in [0.05, 0.1) is 12.0 Å². The molecule has 0 aliphatic carbocycles. The molecule has 0 N–H and O–H groups in total. The second-order valence-corrected chi connectivity index (χ2v) is 4.67. The maximum absolute atomic E-state index is 4.53. The Morgan fingerprint density at radius 1 is 1.33 bits per heavy atom. The van der Waals surface area contributed by atoms with Crippen molar-refractivity contribution in [2.75, 3.05) is 0 Å². The molecule has 2 heteroatoms. The summed E-state index contributed by atoms with van der Waals surface area (Å²) in [6.07, 6.45) is 5.70. The highest BCUT2D eigenvalue weighted by Gasteiger charge is 2.19. The minimum absolute atomic E-state index is 0.534. The highest BCUT2D eigenvalue weighted by Crippen LogP contribution is 2.30. The first-order chi connectivity index (χ1) is 7.11. The Bertz CT molecular complexity index is 299. The van der Waals surface area contributed by atoms with Crippen molar-refractivity contribution in [2.45, 2.75) is 58.8 Å². The van der Waals surface area contributed by atoms with Crippen molar-refractivity contribution in [1.29, 1.82) is 0 Å². The Hall–Kier alpha value is -0.790. The van der Waals surface area contributed by atoms with E-state index in [1.165, 1.54) is 30.7 Å². The third kappa shape index (κ3) is 2.61. The molecule has 0 aliphatic rings. The topological polar surface area (TPSA) is 17.8 Å². The van der Waals surface area contributed by atoms with Crippen LogP contribution in [0.5, 0.6) is 0 Å². The van der Waals surface area contributed by atoms with E-state index in [-0.39, 0.29) is 0 Å². The third-order valence-electron chi connectivity index (χ3n) is 3.08. The van der Waals surface area contributed by atoms with Gasteiger partial charge >= 0.3 is 0 Å². The van der Waals surface area contributed by atoms with Crippen LogP contribution in [0.15, 0.2) is 6.33 Å². The molecule has 0 spiro atoms. The van der Waals surface area contributed by atoms with Crippen LogP contribution in [0.1, 0.15) is 70.2 Å². The molecule has 1 unspecified atom stereocenters. The van der Waals surface area contributed by atoms with Crippen LogP contribution in [0.3, 0.4) is 0 Å². The van der Waals surface area contributed by atoms with E-state index in [4.69, 9.17) is 0 Å². The third-order valence-corrected chi connectivity index (χ3v) is 3.08. The Balaban J connectivity index is 3.03. The Labute approximate surface area is 93.7 Å². The van der Waals surface area contributed by atoms with E-state index < -0.39 is 0 Å². The fourth-order valence-electron chi connectivity index (χ4n) is 2.28. The number of aryl methyl sites for hydroxylation is 1. The highest BCUT2D eigenvalue weighted by atomic mass is 15.0. The van der Waals surface area contributed by atoms with Crippen LogP contribution in [-0.4, -0.2) is 9.55 Å². The molecule has 1 aromatic heterocycles. The summed E-state index contributed by atoms with van der Waals surface area (Å²) in [5, 5.41) is 0. The summed E-state index contributed by atoms with van der Waals surface area (Å²) >= 11 is 0. The second kappa shape index (κ2) is 5.34. The van der Waals surface area contributed by atoms with Crippen LogP contribution < -0.4 is 0 Å². The average Bonchev–Trinajstić information content (AvgIpc) is 2.57. The fraction of sp³-hybridized carbons (Fsp3) is 0.769. The van der Waals surface area contributed by atoms with Crippen molar-refractivity contribution in [3.05, 3.63) is 17.7 Å². The van der Waals surface area contributed by atoms with Gasteiger partial charge in [0, 0.05) is 18.7 Å². The average molecular weight is 208 g/mol. The van der Waals surface area contributed by atoms with Crippen molar-refractivity contribution < 1.29 is 0 Å².